The van der Waals surface area contributed by atoms with E-state index < -0.39 is 18.0 Å². The molecule has 24 heavy (non-hydrogen) atoms. The fourth-order valence-corrected chi connectivity index (χ4v) is 2.93. The maximum Gasteiger partial charge on any atom is 0.393 e. The number of alkyl halides is 3. The van der Waals surface area contributed by atoms with E-state index in [0.29, 0.717) is 22.8 Å². The first-order valence-electron chi connectivity index (χ1n) is 7.43. The zero-order valence-electron chi connectivity index (χ0n) is 12.5. The molecule has 4 nitrogen and oxygen atoms in total. The predicted molar refractivity (Wildman–Crippen MR) is 81.6 cm³/mol. The van der Waals surface area contributed by atoms with Crippen molar-refractivity contribution in [2.24, 2.45) is 5.92 Å². The Balaban J connectivity index is 1.76. The Hall–Kier alpha value is -2.02. The molecule has 3 rings (SSSR count). The van der Waals surface area contributed by atoms with Crippen molar-refractivity contribution in [2.45, 2.75) is 19.0 Å². The van der Waals surface area contributed by atoms with E-state index in [1.54, 1.807) is 24.3 Å². The zero-order chi connectivity index (χ0) is 17.3. The SMILES string of the molecule is O=C(c1cc(-c2cccc(Cl)c2)on1)N1CCC[C@H](C(F)(F)F)C1. The number of amides is 1. The van der Waals surface area contributed by atoms with E-state index in [9.17, 15) is 18.0 Å². The normalized spacial score (nSPS) is 18.7. The molecule has 0 aliphatic carbocycles. The van der Waals surface area contributed by atoms with E-state index in [0.717, 1.165) is 0 Å². The van der Waals surface area contributed by atoms with Crippen molar-refractivity contribution < 1.29 is 22.5 Å². The molecule has 0 N–H and O–H groups in total. The molecule has 2 heterocycles. The van der Waals surface area contributed by atoms with Gasteiger partial charge in [0, 0.05) is 29.7 Å². The maximum absolute atomic E-state index is 12.9. The van der Waals surface area contributed by atoms with Crippen LogP contribution in [-0.4, -0.2) is 35.2 Å². The summed E-state index contributed by atoms with van der Waals surface area (Å²) in [5, 5.41) is 4.19. The Bertz CT molecular complexity index is 745. The molecule has 0 radical (unpaired) electrons. The van der Waals surface area contributed by atoms with Crippen LogP contribution in [0, 0.1) is 5.92 Å². The molecule has 0 bridgehead atoms. The number of carbonyl (C=O) groups is 1. The Morgan fingerprint density at radius 1 is 1.33 bits per heavy atom. The molecule has 0 unspecified atom stereocenters. The molecule has 1 saturated heterocycles. The molecule has 0 spiro atoms. The number of benzene rings is 1. The second-order valence-electron chi connectivity index (χ2n) is 5.72. The number of halogens is 4. The van der Waals surface area contributed by atoms with E-state index in [4.69, 9.17) is 16.1 Å². The van der Waals surface area contributed by atoms with Gasteiger partial charge in [-0.1, -0.05) is 28.9 Å². The second-order valence-corrected chi connectivity index (χ2v) is 6.16. The molecule has 1 atom stereocenters. The summed E-state index contributed by atoms with van der Waals surface area (Å²) < 4.78 is 43.7. The fraction of sp³-hybridized carbons (Fsp3) is 0.375. The van der Waals surface area contributed by atoms with Gasteiger partial charge in [-0.2, -0.15) is 13.2 Å². The number of carbonyl (C=O) groups excluding carboxylic acids is 1. The molecule has 1 aliphatic rings. The minimum atomic E-state index is -4.30. The summed E-state index contributed by atoms with van der Waals surface area (Å²) in [5.41, 5.74) is 0.633. The fourth-order valence-electron chi connectivity index (χ4n) is 2.74. The van der Waals surface area contributed by atoms with E-state index >= 15 is 0 Å². The topological polar surface area (TPSA) is 46.3 Å². The van der Waals surface area contributed by atoms with Crippen molar-refractivity contribution in [3.05, 3.63) is 41.0 Å². The van der Waals surface area contributed by atoms with Crippen LogP contribution in [0.4, 0.5) is 13.2 Å². The first-order valence-corrected chi connectivity index (χ1v) is 7.81. The van der Waals surface area contributed by atoms with Crippen LogP contribution in [0.2, 0.25) is 5.02 Å². The summed E-state index contributed by atoms with van der Waals surface area (Å²) in [6, 6.07) is 8.22. The molecule has 0 saturated carbocycles. The molecule has 1 fully saturated rings. The van der Waals surface area contributed by atoms with Gasteiger partial charge in [-0.25, -0.2) is 0 Å². The third kappa shape index (κ3) is 3.56. The summed E-state index contributed by atoms with van der Waals surface area (Å²) in [4.78, 5) is 13.6. The van der Waals surface area contributed by atoms with Crippen LogP contribution in [0.1, 0.15) is 23.3 Å². The summed E-state index contributed by atoms with van der Waals surface area (Å²) in [6.45, 7) is -0.0630. The molecule has 1 aliphatic heterocycles. The van der Waals surface area contributed by atoms with Gasteiger partial charge in [0.1, 0.15) is 0 Å². The molecular formula is C16H14ClF3N2O2. The van der Waals surface area contributed by atoms with Crippen molar-refractivity contribution in [2.75, 3.05) is 13.1 Å². The van der Waals surface area contributed by atoms with Crippen LogP contribution in [0.3, 0.4) is 0 Å². The van der Waals surface area contributed by atoms with E-state index in [-0.39, 0.29) is 25.2 Å². The van der Waals surface area contributed by atoms with Crippen LogP contribution < -0.4 is 0 Å². The van der Waals surface area contributed by atoms with E-state index in [1.165, 1.54) is 11.0 Å². The Morgan fingerprint density at radius 2 is 2.12 bits per heavy atom. The van der Waals surface area contributed by atoms with Gasteiger partial charge in [-0.05, 0) is 25.0 Å². The summed E-state index contributed by atoms with van der Waals surface area (Å²) in [6.07, 6.45) is -3.94. The highest BCUT2D eigenvalue weighted by molar-refractivity contribution is 6.30. The van der Waals surface area contributed by atoms with Crippen LogP contribution >= 0.6 is 11.6 Å². The average molecular weight is 359 g/mol. The van der Waals surface area contributed by atoms with Crippen LogP contribution in [0.5, 0.6) is 0 Å². The number of rotatable bonds is 2. The lowest BCUT2D eigenvalue weighted by atomic mass is 9.97. The molecule has 8 heteroatoms. The quantitative estimate of drug-likeness (QED) is 0.799. The summed E-state index contributed by atoms with van der Waals surface area (Å²) >= 11 is 5.90. The average Bonchev–Trinajstić information content (AvgIpc) is 3.03. The highest BCUT2D eigenvalue weighted by atomic mass is 35.5. The lowest BCUT2D eigenvalue weighted by Crippen LogP contribution is -2.44. The second kappa shape index (κ2) is 6.47. The minimum absolute atomic E-state index is 0.00667. The Kier molecular flexibility index (Phi) is 4.54. The smallest absolute Gasteiger partial charge is 0.355 e. The van der Waals surface area contributed by atoms with Gasteiger partial charge in [0.2, 0.25) is 0 Å². The number of hydrogen-bond acceptors (Lipinski definition) is 3. The number of nitrogens with zero attached hydrogens (tertiary/aromatic N) is 2. The number of hydrogen-bond donors (Lipinski definition) is 0. The van der Waals surface area contributed by atoms with E-state index in [1.807, 2.05) is 0 Å². The maximum atomic E-state index is 12.9. The van der Waals surface area contributed by atoms with E-state index in [2.05, 4.69) is 5.16 Å². The number of likely N-dealkylation sites (tertiary alicyclic amines) is 1. The first-order chi connectivity index (χ1) is 11.3. The number of piperidine rings is 1. The molecule has 1 amide bonds. The van der Waals surface area contributed by atoms with Gasteiger partial charge in [0.05, 0.1) is 5.92 Å². The molecular weight excluding hydrogens is 345 g/mol. The predicted octanol–water partition coefficient (Wildman–Crippen LogP) is 4.41. The molecule has 2 aromatic rings. The highest BCUT2D eigenvalue weighted by Crippen LogP contribution is 2.33. The van der Waals surface area contributed by atoms with Crippen LogP contribution in [0.15, 0.2) is 34.9 Å². The van der Waals surface area contributed by atoms with Gasteiger partial charge < -0.3 is 9.42 Å². The van der Waals surface area contributed by atoms with Gasteiger partial charge >= 0.3 is 6.18 Å². The third-order valence-corrected chi connectivity index (χ3v) is 4.25. The Labute approximate surface area is 141 Å². The van der Waals surface area contributed by atoms with Gasteiger partial charge in [-0.15, -0.1) is 0 Å². The summed E-state index contributed by atoms with van der Waals surface area (Å²) in [7, 11) is 0. The molecule has 128 valence electrons. The summed E-state index contributed by atoms with van der Waals surface area (Å²) in [5.74, 6) is -1.71. The van der Waals surface area contributed by atoms with Crippen molar-refractivity contribution in [1.29, 1.82) is 0 Å². The Morgan fingerprint density at radius 3 is 2.83 bits per heavy atom. The van der Waals surface area contributed by atoms with Crippen molar-refractivity contribution in [1.82, 2.24) is 10.1 Å². The monoisotopic (exact) mass is 358 g/mol. The first kappa shape index (κ1) is 16.8. The third-order valence-electron chi connectivity index (χ3n) is 4.01. The van der Waals surface area contributed by atoms with Gasteiger partial charge in [0.25, 0.3) is 5.91 Å². The number of aromatic nitrogens is 1. The van der Waals surface area contributed by atoms with Crippen LogP contribution in [-0.2, 0) is 0 Å². The van der Waals surface area contributed by atoms with Crippen molar-refractivity contribution in [3.63, 3.8) is 0 Å². The lowest BCUT2D eigenvalue weighted by Gasteiger charge is -2.33. The lowest BCUT2D eigenvalue weighted by molar-refractivity contribution is -0.184. The minimum Gasteiger partial charge on any atom is -0.355 e. The standard InChI is InChI=1S/C16H14ClF3N2O2/c17-12-5-1-3-10(7-12)14-8-13(21-24-14)15(23)22-6-2-4-11(9-22)16(18,19)20/h1,3,5,7-8,11H,2,4,6,9H2/t11-/m0/s1. The molecule has 1 aromatic heterocycles. The van der Waals surface area contributed by atoms with Crippen molar-refractivity contribution in [3.8, 4) is 11.3 Å². The zero-order valence-corrected chi connectivity index (χ0v) is 13.3. The highest BCUT2D eigenvalue weighted by Gasteiger charge is 2.43. The molecule has 1 aromatic carbocycles. The van der Waals surface area contributed by atoms with Gasteiger partial charge in [0.15, 0.2) is 11.5 Å². The van der Waals surface area contributed by atoms with Crippen molar-refractivity contribution >= 4 is 17.5 Å². The van der Waals surface area contributed by atoms with Crippen LogP contribution in [0.25, 0.3) is 11.3 Å². The van der Waals surface area contributed by atoms with Gasteiger partial charge in [-0.3, -0.25) is 4.79 Å². The largest absolute Gasteiger partial charge is 0.393 e.